The van der Waals surface area contributed by atoms with E-state index in [1.807, 2.05) is 48.2 Å². The van der Waals surface area contributed by atoms with Gasteiger partial charge in [-0.15, -0.1) is 0 Å². The van der Waals surface area contributed by atoms with Crippen LogP contribution >= 0.6 is 0 Å². The number of amides is 2. The summed E-state index contributed by atoms with van der Waals surface area (Å²) in [6.45, 7) is 9.87. The van der Waals surface area contributed by atoms with Crippen molar-refractivity contribution in [3.8, 4) is 5.75 Å². The van der Waals surface area contributed by atoms with E-state index in [-0.39, 0.29) is 5.91 Å². The molecule has 0 saturated carbocycles. The average Bonchev–Trinajstić information content (AvgIpc) is 2.88. The lowest BCUT2D eigenvalue weighted by Gasteiger charge is -2.29. The van der Waals surface area contributed by atoms with Crippen LogP contribution in [-0.2, 0) is 16.0 Å². The van der Waals surface area contributed by atoms with Crippen LogP contribution in [0.2, 0.25) is 0 Å². The summed E-state index contributed by atoms with van der Waals surface area (Å²) < 4.78 is 5.88. The summed E-state index contributed by atoms with van der Waals surface area (Å²) in [5, 5.41) is 2.65. The van der Waals surface area contributed by atoms with Gasteiger partial charge in [0.1, 0.15) is 17.7 Å². The number of nitrogens with one attached hydrogen (secondary N) is 1. The highest BCUT2D eigenvalue weighted by molar-refractivity contribution is 5.88. The van der Waals surface area contributed by atoms with Crippen LogP contribution in [0.3, 0.4) is 0 Å². The largest absolute Gasteiger partial charge is 0.490 e. The van der Waals surface area contributed by atoms with Crippen molar-refractivity contribution >= 4 is 23.8 Å². The Morgan fingerprint density at radius 1 is 1.19 bits per heavy atom. The zero-order chi connectivity index (χ0) is 26.3. The first-order chi connectivity index (χ1) is 17.3. The number of nitrogens with zero attached hydrogens (tertiary/aromatic N) is 3. The van der Waals surface area contributed by atoms with Gasteiger partial charge >= 0.3 is 0 Å². The predicted molar refractivity (Wildman–Crippen MR) is 146 cm³/mol. The maximum atomic E-state index is 10.7. The summed E-state index contributed by atoms with van der Waals surface area (Å²) in [4.78, 5) is 29.1. The van der Waals surface area contributed by atoms with Gasteiger partial charge in [-0.3, -0.25) is 9.59 Å². The maximum absolute atomic E-state index is 10.7. The Morgan fingerprint density at radius 2 is 1.89 bits per heavy atom. The standard InChI is InChI=1S/C12H17NO.C9H13N3O.C7H13NO/c1-13-9-7-12(8-10-13)14-11-5-3-2-4-6-11;1-3-7-4-8(12-6(2)13)5-11-9(7)10;1-7-3-2-4-8(5-7)6-9/h2-6,12H,7-10H2,1H3;4-5H,3H2,1-2H3,(H2,10,11)(H,12,13);6-7H,2-5H2,1H3. The highest BCUT2D eigenvalue weighted by Crippen LogP contribution is 2.18. The van der Waals surface area contributed by atoms with Gasteiger partial charge in [0.05, 0.1) is 11.9 Å². The first-order valence-electron chi connectivity index (χ1n) is 12.9. The fourth-order valence-corrected chi connectivity index (χ4v) is 4.19. The molecule has 4 rings (SSSR count). The minimum absolute atomic E-state index is 0.103. The molecule has 8 nitrogen and oxygen atoms in total. The molecule has 1 aromatic carbocycles. The third-order valence-electron chi connectivity index (χ3n) is 6.25. The number of aryl methyl sites for hydroxylation is 1. The molecule has 36 heavy (non-hydrogen) atoms. The number of piperidine rings is 2. The second kappa shape index (κ2) is 15.8. The fraction of sp³-hybridized carbons (Fsp3) is 0.536. The van der Waals surface area contributed by atoms with Crippen LogP contribution in [-0.4, -0.2) is 66.4 Å². The lowest BCUT2D eigenvalue weighted by atomic mass is 10.0. The molecule has 0 spiro atoms. The number of hydrogen-bond acceptors (Lipinski definition) is 6. The van der Waals surface area contributed by atoms with E-state index < -0.39 is 0 Å². The lowest BCUT2D eigenvalue weighted by molar-refractivity contribution is -0.119. The van der Waals surface area contributed by atoms with E-state index >= 15 is 0 Å². The summed E-state index contributed by atoms with van der Waals surface area (Å²) in [7, 11) is 2.17. The zero-order valence-corrected chi connectivity index (χ0v) is 22.3. The number of anilines is 2. The molecule has 2 aromatic rings. The van der Waals surface area contributed by atoms with Crippen molar-refractivity contribution in [1.82, 2.24) is 14.8 Å². The summed E-state index contributed by atoms with van der Waals surface area (Å²) >= 11 is 0. The fourth-order valence-electron chi connectivity index (χ4n) is 4.19. The number of aromatic nitrogens is 1. The predicted octanol–water partition coefficient (Wildman–Crippen LogP) is 4.22. The number of para-hydroxylation sites is 1. The third kappa shape index (κ3) is 11.1. The summed E-state index contributed by atoms with van der Waals surface area (Å²) in [6.07, 6.45) is 8.48. The van der Waals surface area contributed by atoms with E-state index in [9.17, 15) is 9.59 Å². The molecule has 3 N–H and O–H groups in total. The molecule has 1 atom stereocenters. The number of nitrogen functional groups attached to an aromatic ring is 1. The SMILES string of the molecule is CC1CCCN(C=O)C1.CCc1cc(NC(C)=O)cnc1N.CN1CCC(Oc2ccccc2)CC1. The van der Waals surface area contributed by atoms with Crippen molar-refractivity contribution in [3.63, 3.8) is 0 Å². The van der Waals surface area contributed by atoms with Crippen LogP contribution in [0.4, 0.5) is 11.5 Å². The number of rotatable bonds is 5. The Hall–Kier alpha value is -3.13. The van der Waals surface area contributed by atoms with E-state index in [0.29, 0.717) is 23.5 Å². The molecule has 0 radical (unpaired) electrons. The van der Waals surface area contributed by atoms with Crippen molar-refractivity contribution < 1.29 is 14.3 Å². The first kappa shape index (κ1) is 29.1. The number of hydrogen-bond donors (Lipinski definition) is 2. The van der Waals surface area contributed by atoms with Crippen LogP contribution in [0, 0.1) is 5.92 Å². The molecule has 8 heteroatoms. The van der Waals surface area contributed by atoms with E-state index in [0.717, 1.165) is 63.2 Å². The molecule has 2 amide bonds. The number of ether oxygens (including phenoxy) is 1. The van der Waals surface area contributed by atoms with Gasteiger partial charge in [-0.2, -0.15) is 0 Å². The molecule has 198 valence electrons. The van der Waals surface area contributed by atoms with E-state index in [4.69, 9.17) is 10.5 Å². The zero-order valence-electron chi connectivity index (χ0n) is 22.3. The van der Waals surface area contributed by atoms with Crippen LogP contribution in [0.5, 0.6) is 5.75 Å². The Morgan fingerprint density at radius 3 is 2.44 bits per heavy atom. The Labute approximate surface area is 216 Å². The number of pyridine rings is 1. The van der Waals surface area contributed by atoms with Crippen molar-refractivity contribution in [2.45, 2.75) is 59.0 Å². The molecule has 1 unspecified atom stereocenters. The van der Waals surface area contributed by atoms with Crippen LogP contribution < -0.4 is 15.8 Å². The van der Waals surface area contributed by atoms with E-state index in [1.165, 1.54) is 19.8 Å². The molecule has 3 heterocycles. The highest BCUT2D eigenvalue weighted by Gasteiger charge is 2.17. The monoisotopic (exact) mass is 497 g/mol. The molecular formula is C28H43N5O3. The summed E-state index contributed by atoms with van der Waals surface area (Å²) in [6, 6.07) is 11.9. The van der Waals surface area contributed by atoms with Gasteiger partial charge in [0, 0.05) is 33.1 Å². The van der Waals surface area contributed by atoms with Crippen LogP contribution in [0.1, 0.15) is 52.0 Å². The summed E-state index contributed by atoms with van der Waals surface area (Å²) in [5.74, 6) is 2.14. The number of carbonyl (C=O) groups excluding carboxylic acids is 2. The lowest BCUT2D eigenvalue weighted by Crippen LogP contribution is -2.35. The molecule has 0 aliphatic carbocycles. The van der Waals surface area contributed by atoms with E-state index in [1.54, 1.807) is 6.20 Å². The Balaban J connectivity index is 0.000000195. The minimum atomic E-state index is -0.103. The smallest absolute Gasteiger partial charge is 0.221 e. The van der Waals surface area contributed by atoms with Gasteiger partial charge in [0.2, 0.25) is 12.3 Å². The van der Waals surface area contributed by atoms with E-state index in [2.05, 4.69) is 29.2 Å². The first-order valence-corrected chi connectivity index (χ1v) is 12.9. The minimum Gasteiger partial charge on any atom is -0.490 e. The molecular weight excluding hydrogens is 454 g/mol. The van der Waals surface area contributed by atoms with Gasteiger partial charge in [0.15, 0.2) is 0 Å². The van der Waals surface area contributed by atoms with Crippen molar-refractivity contribution in [2.24, 2.45) is 5.92 Å². The van der Waals surface area contributed by atoms with Crippen molar-refractivity contribution in [1.29, 1.82) is 0 Å². The van der Waals surface area contributed by atoms with Gasteiger partial charge in [0.25, 0.3) is 0 Å². The van der Waals surface area contributed by atoms with Crippen molar-refractivity contribution in [3.05, 3.63) is 48.2 Å². The second-order valence-corrected chi connectivity index (χ2v) is 9.58. The van der Waals surface area contributed by atoms with Gasteiger partial charge < -0.3 is 25.6 Å². The Bertz CT molecular complexity index is 917. The number of carbonyl (C=O) groups is 2. The molecule has 0 bridgehead atoms. The molecule has 2 saturated heterocycles. The van der Waals surface area contributed by atoms with Gasteiger partial charge in [-0.05, 0) is 68.8 Å². The quantitative estimate of drug-likeness (QED) is 0.600. The molecule has 2 fully saturated rings. The number of nitrogens with two attached hydrogens (primary N) is 1. The second-order valence-electron chi connectivity index (χ2n) is 9.58. The van der Waals surface area contributed by atoms with Crippen LogP contribution in [0.15, 0.2) is 42.6 Å². The average molecular weight is 498 g/mol. The van der Waals surface area contributed by atoms with Gasteiger partial charge in [-0.25, -0.2) is 4.98 Å². The number of likely N-dealkylation sites (tertiary alicyclic amines) is 2. The van der Waals surface area contributed by atoms with Gasteiger partial charge in [-0.1, -0.05) is 32.0 Å². The highest BCUT2D eigenvalue weighted by atomic mass is 16.5. The topological polar surface area (TPSA) is 101 Å². The maximum Gasteiger partial charge on any atom is 0.221 e. The summed E-state index contributed by atoms with van der Waals surface area (Å²) in [5.41, 5.74) is 7.25. The molecule has 2 aliphatic rings. The normalized spacial score (nSPS) is 18.1. The third-order valence-corrected chi connectivity index (χ3v) is 6.25. The molecule has 2 aliphatic heterocycles. The number of benzene rings is 1. The van der Waals surface area contributed by atoms with Crippen LogP contribution in [0.25, 0.3) is 0 Å². The van der Waals surface area contributed by atoms with Crippen molar-refractivity contribution in [2.75, 3.05) is 44.3 Å². The molecule has 1 aromatic heterocycles. The Kier molecular flexibility index (Phi) is 12.8.